The Morgan fingerprint density at radius 1 is 0.915 bits per heavy atom. The summed E-state index contributed by atoms with van der Waals surface area (Å²) in [5.41, 5.74) is 7.12. The molecule has 4 aromatic rings. The summed E-state index contributed by atoms with van der Waals surface area (Å²) in [5.74, 6) is -0.642. The van der Waals surface area contributed by atoms with E-state index in [1.54, 1.807) is 53.4 Å². The van der Waals surface area contributed by atoms with Gasteiger partial charge >= 0.3 is 18.2 Å². The molecule has 2 saturated heterocycles. The molecule has 6 rings (SSSR count). The number of carbonyl (C=O) groups is 4. The Morgan fingerprint density at radius 2 is 1.58 bits per heavy atom. The van der Waals surface area contributed by atoms with Crippen LogP contribution in [0, 0.1) is 0 Å². The fourth-order valence-electron chi connectivity index (χ4n) is 7.40. The van der Waals surface area contributed by atoms with Crippen LogP contribution in [0.5, 0.6) is 5.75 Å². The summed E-state index contributed by atoms with van der Waals surface area (Å²) in [6.45, 7) is 2.23. The maximum Gasteiger partial charge on any atom is 0.418 e. The molecule has 2 fully saturated rings. The summed E-state index contributed by atoms with van der Waals surface area (Å²) in [5, 5.41) is 2.82. The third-order valence-corrected chi connectivity index (χ3v) is 11.0. The molecule has 3 N–H and O–H groups in total. The smallest absolute Gasteiger partial charge is 0.418 e. The lowest BCUT2D eigenvalue weighted by molar-refractivity contribution is -0.141. The Bertz CT molecular complexity index is 2090. The van der Waals surface area contributed by atoms with E-state index in [-0.39, 0.29) is 49.2 Å². The first-order chi connectivity index (χ1) is 28.3. The summed E-state index contributed by atoms with van der Waals surface area (Å²) >= 11 is 6.13. The molecule has 2 heterocycles. The van der Waals surface area contributed by atoms with Gasteiger partial charge in [0.15, 0.2) is 6.10 Å². The zero-order chi connectivity index (χ0) is 42.1. The van der Waals surface area contributed by atoms with Crippen LogP contribution in [0.4, 0.5) is 35.0 Å². The number of nitrogens with one attached hydrogen (secondary N) is 1. The second-order valence-electron chi connectivity index (χ2n) is 14.4. The first-order valence-electron chi connectivity index (χ1n) is 19.3. The normalized spacial score (nSPS) is 15.3. The summed E-state index contributed by atoms with van der Waals surface area (Å²) in [6, 6.07) is 25.4. The summed E-state index contributed by atoms with van der Waals surface area (Å²) in [7, 11) is 1.84. The van der Waals surface area contributed by atoms with Crippen molar-refractivity contribution in [3.05, 3.63) is 118 Å². The van der Waals surface area contributed by atoms with Gasteiger partial charge in [0.2, 0.25) is 6.41 Å². The van der Waals surface area contributed by atoms with Gasteiger partial charge in [-0.1, -0.05) is 48.0 Å². The van der Waals surface area contributed by atoms with Crippen molar-refractivity contribution in [2.24, 2.45) is 0 Å². The van der Waals surface area contributed by atoms with Gasteiger partial charge in [0.05, 0.1) is 21.8 Å². The monoisotopic (exact) mass is 834 g/mol. The minimum atomic E-state index is -4.81. The van der Waals surface area contributed by atoms with Crippen molar-refractivity contribution in [2.75, 3.05) is 68.8 Å². The lowest BCUT2D eigenvalue weighted by atomic mass is 10.0. The highest BCUT2D eigenvalue weighted by Gasteiger charge is 2.37. The van der Waals surface area contributed by atoms with Crippen molar-refractivity contribution >= 4 is 53.0 Å². The first-order valence-corrected chi connectivity index (χ1v) is 19.7. The van der Waals surface area contributed by atoms with Crippen LogP contribution in [0.1, 0.15) is 39.9 Å². The number of carbonyl (C=O) groups excluding carboxylic acids is 4. The first kappa shape index (κ1) is 42.6. The molecule has 0 spiro atoms. The second-order valence-corrected chi connectivity index (χ2v) is 14.8. The van der Waals surface area contributed by atoms with E-state index < -0.39 is 41.5 Å². The number of para-hydroxylation sites is 2. The Kier molecular flexibility index (Phi) is 13.9. The molecule has 0 saturated carbocycles. The Balaban J connectivity index is 1.10. The zero-order valence-corrected chi connectivity index (χ0v) is 33.3. The van der Waals surface area contributed by atoms with Crippen molar-refractivity contribution in [3.63, 3.8) is 0 Å². The number of hydrogen-bond acceptors (Lipinski definition) is 9. The topological polar surface area (TPSA) is 138 Å². The highest BCUT2D eigenvalue weighted by molar-refractivity contribution is 6.33. The molecule has 16 heteroatoms. The molecule has 1 atom stereocenters. The molecule has 3 amide bonds. The van der Waals surface area contributed by atoms with Gasteiger partial charge in [0.1, 0.15) is 5.75 Å². The predicted octanol–water partition coefficient (Wildman–Crippen LogP) is 6.76. The van der Waals surface area contributed by atoms with Gasteiger partial charge < -0.3 is 40.1 Å². The summed E-state index contributed by atoms with van der Waals surface area (Å²) in [4.78, 5) is 59.2. The van der Waals surface area contributed by atoms with E-state index in [1.807, 2.05) is 42.3 Å². The molecule has 12 nitrogen and oxygen atoms in total. The second kappa shape index (κ2) is 19.2. The van der Waals surface area contributed by atoms with Crippen LogP contribution in [0.15, 0.2) is 91.0 Å². The average molecular weight is 835 g/mol. The summed E-state index contributed by atoms with van der Waals surface area (Å²) < 4.78 is 53.0. The molecule has 0 aromatic heterocycles. The Labute approximate surface area is 345 Å². The molecular formula is C43H46ClF3N6O6. The van der Waals surface area contributed by atoms with E-state index in [4.69, 9.17) is 26.8 Å². The molecule has 4 aromatic carbocycles. The number of nitrogens with two attached hydrogens (primary N) is 1. The molecule has 2 aliphatic rings. The third kappa shape index (κ3) is 10.8. The highest BCUT2D eigenvalue weighted by Crippen LogP contribution is 2.38. The van der Waals surface area contributed by atoms with Crippen molar-refractivity contribution < 1.29 is 41.8 Å². The average Bonchev–Trinajstić information content (AvgIpc) is 3.25. The van der Waals surface area contributed by atoms with Crippen LogP contribution in [-0.2, 0) is 33.3 Å². The summed E-state index contributed by atoms with van der Waals surface area (Å²) in [6.07, 6.45) is -5.05. The number of halogens is 4. The lowest BCUT2D eigenvalue weighted by Crippen LogP contribution is -2.53. The Morgan fingerprint density at radius 3 is 2.22 bits per heavy atom. The van der Waals surface area contributed by atoms with Crippen molar-refractivity contribution in [3.8, 4) is 5.75 Å². The maximum absolute atomic E-state index is 14.1. The number of piperazine rings is 1. The van der Waals surface area contributed by atoms with E-state index in [9.17, 15) is 32.3 Å². The quantitative estimate of drug-likeness (QED) is 0.0648. The number of likely N-dealkylation sites (tertiary alicyclic amines) is 1. The SMILES string of the molecule is CNc1ccccc1CCN(C=O)C1CCN(C(=O)O[C@H](Cc2cc(Cl)c(N)c(C(F)(F)F)c2)C(=O)N2CCN(c3ccc(C(=O)Oc4ccccc4)cc3)CC2)CC1. The van der Waals surface area contributed by atoms with Crippen LogP contribution >= 0.6 is 11.6 Å². The van der Waals surface area contributed by atoms with Gasteiger partial charge in [-0.25, -0.2) is 9.59 Å². The molecule has 0 bridgehead atoms. The fraction of sp³-hybridized carbons (Fsp3) is 0.349. The van der Waals surface area contributed by atoms with Crippen LogP contribution in [-0.4, -0.2) is 104 Å². The number of hydrogen-bond donors (Lipinski definition) is 2. The number of nitrogens with zero attached hydrogens (tertiary/aromatic N) is 4. The van der Waals surface area contributed by atoms with Crippen LogP contribution in [0.2, 0.25) is 5.02 Å². The van der Waals surface area contributed by atoms with Gasteiger partial charge in [-0.3, -0.25) is 9.59 Å². The molecule has 0 unspecified atom stereocenters. The van der Waals surface area contributed by atoms with Gasteiger partial charge in [-0.2, -0.15) is 13.2 Å². The number of amides is 3. The van der Waals surface area contributed by atoms with E-state index in [0.29, 0.717) is 50.2 Å². The van der Waals surface area contributed by atoms with Crippen molar-refractivity contribution in [1.29, 1.82) is 0 Å². The standard InChI is InChI=1S/C43H46ClF3N6O6/c1-49-37-10-6-5-7-30(37)15-18-53(28-54)33-16-19-52(20-17-33)42(57)59-38(27-29-25-35(43(45,46)47)39(48)36(44)26-29)40(55)51-23-21-50(22-24-51)32-13-11-31(12-14-32)41(56)58-34-8-3-2-4-9-34/h2-14,25-26,28,33,38,49H,15-24,27,48H2,1H3/t38-/m1/s1. The number of alkyl halides is 3. The minimum Gasteiger partial charge on any atom is -0.436 e. The van der Waals surface area contributed by atoms with E-state index in [0.717, 1.165) is 29.4 Å². The van der Waals surface area contributed by atoms with Gasteiger partial charge in [0, 0.05) is 76.7 Å². The largest absolute Gasteiger partial charge is 0.436 e. The molecule has 2 aliphatic heterocycles. The minimum absolute atomic E-state index is 0.0207. The number of benzene rings is 4. The maximum atomic E-state index is 14.1. The van der Waals surface area contributed by atoms with Crippen LogP contribution < -0.4 is 20.7 Å². The van der Waals surface area contributed by atoms with Crippen LogP contribution in [0.25, 0.3) is 0 Å². The van der Waals surface area contributed by atoms with Crippen LogP contribution in [0.3, 0.4) is 0 Å². The van der Waals surface area contributed by atoms with E-state index in [2.05, 4.69) is 5.32 Å². The number of nitrogen functional groups attached to an aromatic ring is 1. The number of esters is 1. The molecule has 312 valence electrons. The number of piperidine rings is 1. The van der Waals surface area contributed by atoms with E-state index in [1.165, 1.54) is 15.9 Å². The molecule has 59 heavy (non-hydrogen) atoms. The number of ether oxygens (including phenoxy) is 2. The number of rotatable bonds is 13. The van der Waals surface area contributed by atoms with E-state index >= 15 is 0 Å². The van der Waals surface area contributed by atoms with Gasteiger partial charge in [-0.05, 0) is 85.0 Å². The molecule has 0 aliphatic carbocycles. The van der Waals surface area contributed by atoms with Crippen molar-refractivity contribution in [2.45, 2.75) is 44.0 Å². The molecule has 0 radical (unpaired) electrons. The van der Waals surface area contributed by atoms with Gasteiger partial charge in [-0.15, -0.1) is 0 Å². The molecular weight excluding hydrogens is 789 g/mol. The zero-order valence-electron chi connectivity index (χ0n) is 32.5. The number of anilines is 3. The van der Waals surface area contributed by atoms with Crippen molar-refractivity contribution in [1.82, 2.24) is 14.7 Å². The predicted molar refractivity (Wildman–Crippen MR) is 219 cm³/mol. The highest BCUT2D eigenvalue weighted by atomic mass is 35.5. The lowest BCUT2D eigenvalue weighted by Gasteiger charge is -2.38. The fourth-order valence-corrected chi connectivity index (χ4v) is 7.64. The van der Waals surface area contributed by atoms with Gasteiger partial charge in [0.25, 0.3) is 5.91 Å². The third-order valence-electron chi connectivity index (χ3n) is 10.7. The Hall–Kier alpha value is -5.96.